The summed E-state index contributed by atoms with van der Waals surface area (Å²) in [6, 6.07) is 4.96. The van der Waals surface area contributed by atoms with Crippen LogP contribution in [0.15, 0.2) is 24.3 Å². The predicted molar refractivity (Wildman–Crippen MR) is 57.4 cm³/mol. The van der Waals surface area contributed by atoms with E-state index in [9.17, 15) is 9.59 Å². The highest BCUT2D eigenvalue weighted by atomic mass is 16.4. The molecule has 2 amide bonds. The normalized spacial score (nSPS) is 9.81. The second-order valence-electron chi connectivity index (χ2n) is 3.07. The number of carboxylic acids is 1. The van der Waals surface area contributed by atoms with Gasteiger partial charge in [-0.1, -0.05) is 0 Å². The van der Waals surface area contributed by atoms with E-state index in [0.29, 0.717) is 5.69 Å². The summed E-state index contributed by atoms with van der Waals surface area (Å²) in [4.78, 5) is 22.8. The summed E-state index contributed by atoms with van der Waals surface area (Å²) in [7, 11) is 0. The zero-order valence-corrected chi connectivity index (χ0v) is 8.46. The van der Waals surface area contributed by atoms with Crippen molar-refractivity contribution < 1.29 is 19.8 Å². The van der Waals surface area contributed by atoms with Crippen LogP contribution in [0.5, 0.6) is 0 Å². The highest BCUT2D eigenvalue weighted by Gasteiger charge is 2.12. The summed E-state index contributed by atoms with van der Waals surface area (Å²) in [5, 5.41) is 17.4. The number of carbonyl (C=O) groups excluding carboxylic acids is 1. The van der Waals surface area contributed by atoms with Gasteiger partial charge in [-0.25, -0.2) is 9.59 Å². The molecular weight excluding hydrogens is 212 g/mol. The second-order valence-corrected chi connectivity index (χ2v) is 3.07. The van der Waals surface area contributed by atoms with Crippen molar-refractivity contribution in [3.05, 3.63) is 29.8 Å². The molecule has 0 aliphatic rings. The van der Waals surface area contributed by atoms with Gasteiger partial charge in [0.2, 0.25) is 0 Å². The number of nitrogens with two attached hydrogens (primary N) is 1. The number of urea groups is 1. The fraction of sp³-hybridized carbons (Fsp3) is 0.200. The molecule has 1 rings (SSSR count). The van der Waals surface area contributed by atoms with Crippen LogP contribution in [-0.2, 0) is 0 Å². The highest BCUT2D eigenvalue weighted by molar-refractivity contribution is 5.92. The van der Waals surface area contributed by atoms with E-state index in [1.165, 1.54) is 24.3 Å². The van der Waals surface area contributed by atoms with E-state index in [1.807, 2.05) is 0 Å². The number of hydrogen-bond donors (Lipinski definition) is 3. The van der Waals surface area contributed by atoms with Crippen molar-refractivity contribution in [3.8, 4) is 0 Å². The summed E-state index contributed by atoms with van der Waals surface area (Å²) in [5.41, 5.74) is 5.69. The van der Waals surface area contributed by atoms with Gasteiger partial charge in [-0.2, -0.15) is 0 Å². The van der Waals surface area contributed by atoms with Gasteiger partial charge in [0, 0.05) is 5.69 Å². The maximum atomic E-state index is 11.0. The Balaban J connectivity index is 2.94. The minimum absolute atomic E-state index is 0.0712. The van der Waals surface area contributed by atoms with E-state index in [2.05, 4.69) is 0 Å². The topological polar surface area (TPSA) is 104 Å². The number of primary amides is 1. The fourth-order valence-electron chi connectivity index (χ4n) is 1.25. The monoisotopic (exact) mass is 224 g/mol. The summed E-state index contributed by atoms with van der Waals surface area (Å²) in [5.74, 6) is -1.04. The molecule has 16 heavy (non-hydrogen) atoms. The highest BCUT2D eigenvalue weighted by Crippen LogP contribution is 2.14. The first-order valence-electron chi connectivity index (χ1n) is 4.57. The van der Waals surface area contributed by atoms with Gasteiger partial charge in [0.15, 0.2) is 0 Å². The third-order valence-electron chi connectivity index (χ3n) is 2.02. The number of nitrogens with zero attached hydrogens (tertiary/aromatic N) is 1. The molecule has 0 radical (unpaired) electrons. The van der Waals surface area contributed by atoms with E-state index >= 15 is 0 Å². The number of rotatable bonds is 4. The first-order chi connectivity index (χ1) is 7.56. The minimum atomic E-state index is -1.04. The van der Waals surface area contributed by atoms with Gasteiger partial charge in [-0.05, 0) is 24.3 Å². The SMILES string of the molecule is NC(=O)N(CCO)c1ccc(C(=O)O)cc1. The maximum Gasteiger partial charge on any atom is 0.335 e. The van der Waals surface area contributed by atoms with Crippen LogP contribution in [0.3, 0.4) is 0 Å². The van der Waals surface area contributed by atoms with Gasteiger partial charge in [-0.3, -0.25) is 4.90 Å². The van der Waals surface area contributed by atoms with Crippen molar-refractivity contribution in [1.29, 1.82) is 0 Å². The molecule has 1 aromatic rings. The smallest absolute Gasteiger partial charge is 0.335 e. The molecule has 6 nitrogen and oxygen atoms in total. The number of carbonyl (C=O) groups is 2. The molecule has 0 aromatic heterocycles. The van der Waals surface area contributed by atoms with Crippen molar-refractivity contribution in [2.45, 2.75) is 0 Å². The summed E-state index contributed by atoms with van der Waals surface area (Å²) in [6.45, 7) is -0.147. The van der Waals surface area contributed by atoms with Crippen molar-refractivity contribution >= 4 is 17.7 Å². The molecule has 0 fully saturated rings. The third kappa shape index (κ3) is 2.71. The molecule has 0 spiro atoms. The molecule has 0 unspecified atom stereocenters. The van der Waals surface area contributed by atoms with Crippen molar-refractivity contribution in [1.82, 2.24) is 0 Å². The number of aliphatic hydroxyl groups is 1. The number of aromatic carboxylic acids is 1. The number of aliphatic hydroxyl groups excluding tert-OH is 1. The van der Waals surface area contributed by atoms with E-state index < -0.39 is 12.0 Å². The van der Waals surface area contributed by atoms with E-state index in [1.54, 1.807) is 0 Å². The van der Waals surface area contributed by atoms with Crippen molar-refractivity contribution in [2.24, 2.45) is 5.73 Å². The van der Waals surface area contributed by atoms with Gasteiger partial charge >= 0.3 is 12.0 Å². The zero-order chi connectivity index (χ0) is 12.1. The quantitative estimate of drug-likeness (QED) is 0.682. The molecule has 0 saturated carbocycles. The standard InChI is InChI=1S/C10H12N2O4/c11-10(16)12(5-6-13)8-3-1-7(2-4-8)9(14)15/h1-4,13H,5-6H2,(H2,11,16)(H,14,15). The molecule has 6 heteroatoms. The molecule has 86 valence electrons. The number of anilines is 1. The Morgan fingerprint density at radius 2 is 1.81 bits per heavy atom. The molecule has 0 heterocycles. The Hall–Kier alpha value is -2.08. The lowest BCUT2D eigenvalue weighted by Gasteiger charge is -2.19. The molecule has 1 aromatic carbocycles. The summed E-state index contributed by atoms with van der Waals surface area (Å²) in [6.07, 6.45) is 0. The largest absolute Gasteiger partial charge is 0.478 e. The fourth-order valence-corrected chi connectivity index (χ4v) is 1.25. The maximum absolute atomic E-state index is 11.0. The van der Waals surface area contributed by atoms with Crippen LogP contribution >= 0.6 is 0 Å². The van der Waals surface area contributed by atoms with Gasteiger partial charge in [-0.15, -0.1) is 0 Å². The van der Waals surface area contributed by atoms with E-state index in [-0.39, 0.29) is 18.7 Å². The van der Waals surface area contributed by atoms with Gasteiger partial charge in [0.25, 0.3) is 0 Å². The zero-order valence-electron chi connectivity index (χ0n) is 8.46. The Morgan fingerprint density at radius 1 is 1.25 bits per heavy atom. The van der Waals surface area contributed by atoms with Crippen molar-refractivity contribution in [2.75, 3.05) is 18.1 Å². The van der Waals surface area contributed by atoms with Gasteiger partial charge in [0.1, 0.15) is 0 Å². The molecule has 0 aliphatic carbocycles. The number of carboxylic acid groups (broad SMARTS) is 1. The van der Waals surface area contributed by atoms with Crippen LogP contribution < -0.4 is 10.6 Å². The molecule has 0 aliphatic heterocycles. The minimum Gasteiger partial charge on any atom is -0.478 e. The third-order valence-corrected chi connectivity index (χ3v) is 2.02. The van der Waals surface area contributed by atoms with Crippen LogP contribution in [0.2, 0.25) is 0 Å². The van der Waals surface area contributed by atoms with Crippen LogP contribution in [-0.4, -0.2) is 35.4 Å². The molecule has 0 bridgehead atoms. The number of benzene rings is 1. The molecule has 4 N–H and O–H groups in total. The molecule has 0 saturated heterocycles. The summed E-state index contributed by atoms with van der Waals surface area (Å²) >= 11 is 0. The summed E-state index contributed by atoms with van der Waals surface area (Å²) < 4.78 is 0. The lowest BCUT2D eigenvalue weighted by atomic mass is 10.2. The second kappa shape index (κ2) is 5.13. The Bertz CT molecular complexity index is 388. The van der Waals surface area contributed by atoms with Crippen LogP contribution in [0.4, 0.5) is 10.5 Å². The van der Waals surface area contributed by atoms with E-state index in [0.717, 1.165) is 4.90 Å². The average Bonchev–Trinajstić information content (AvgIpc) is 2.25. The predicted octanol–water partition coefficient (Wildman–Crippen LogP) is 0.262. The van der Waals surface area contributed by atoms with E-state index in [4.69, 9.17) is 15.9 Å². The number of amides is 2. The van der Waals surface area contributed by atoms with Gasteiger partial charge < -0.3 is 15.9 Å². The lowest BCUT2D eigenvalue weighted by molar-refractivity contribution is 0.0697. The lowest BCUT2D eigenvalue weighted by Crippen LogP contribution is -2.37. The molecule has 0 atom stereocenters. The van der Waals surface area contributed by atoms with Crippen LogP contribution in [0.25, 0.3) is 0 Å². The Kier molecular flexibility index (Phi) is 3.84. The van der Waals surface area contributed by atoms with Gasteiger partial charge in [0.05, 0.1) is 18.7 Å². The first-order valence-corrected chi connectivity index (χ1v) is 4.57. The number of hydrogen-bond acceptors (Lipinski definition) is 3. The first kappa shape index (κ1) is 12.0. The molecular formula is C10H12N2O4. The van der Waals surface area contributed by atoms with Crippen molar-refractivity contribution in [3.63, 3.8) is 0 Å². The Labute approximate surface area is 91.9 Å². The van der Waals surface area contributed by atoms with Crippen LogP contribution in [0, 0.1) is 0 Å². The van der Waals surface area contributed by atoms with Crippen LogP contribution in [0.1, 0.15) is 10.4 Å². The Morgan fingerprint density at radius 3 is 2.19 bits per heavy atom. The average molecular weight is 224 g/mol.